The smallest absolute Gasteiger partial charge is 0.408 e. The van der Waals surface area contributed by atoms with Crippen LogP contribution in [0.4, 0.5) is 4.79 Å². The molecule has 49 heavy (non-hydrogen) atoms. The Hall–Kier alpha value is -4.18. The van der Waals surface area contributed by atoms with Gasteiger partial charge in [-0.3, -0.25) is 19.1 Å². The van der Waals surface area contributed by atoms with Crippen molar-refractivity contribution < 1.29 is 51.3 Å². The second kappa shape index (κ2) is 14.4. The third-order valence-electron chi connectivity index (χ3n) is 8.77. The number of nitrogens with one attached hydrogen (secondary N) is 3. The summed E-state index contributed by atoms with van der Waals surface area (Å²) in [7, 11) is -2.52. The molecule has 0 aromatic heterocycles. The van der Waals surface area contributed by atoms with Crippen LogP contribution in [0.5, 0.6) is 5.75 Å². The molecule has 1 saturated heterocycles. The highest BCUT2D eigenvalue weighted by atomic mass is 32.2. The van der Waals surface area contributed by atoms with Crippen molar-refractivity contribution in [1.29, 1.82) is 0 Å². The van der Waals surface area contributed by atoms with Crippen LogP contribution in [0, 0.1) is 5.92 Å². The zero-order valence-electron chi connectivity index (χ0n) is 28.1. The predicted molar refractivity (Wildman–Crippen MR) is 174 cm³/mol. The van der Waals surface area contributed by atoms with Crippen LogP contribution in [0.3, 0.4) is 0 Å². The Morgan fingerprint density at radius 2 is 1.84 bits per heavy atom. The van der Waals surface area contributed by atoms with Gasteiger partial charge in [-0.2, -0.15) is 0 Å². The second-order valence-electron chi connectivity index (χ2n) is 13.8. The van der Waals surface area contributed by atoms with Crippen LogP contribution in [0.1, 0.15) is 69.7 Å². The number of esters is 1. The maximum atomic E-state index is 14.2. The van der Waals surface area contributed by atoms with Crippen molar-refractivity contribution in [3.8, 4) is 5.75 Å². The van der Waals surface area contributed by atoms with Gasteiger partial charge in [0.25, 0.3) is 5.91 Å². The SMILES string of the molecule is COc1ccccc1C(=O)O[C@@H]1C[C@H]2C(=O)N[C@]3(C(=O)NS(=O)(=O)C4CC4)C[C@@H]3/C=C\COCCC[C@H](NC(=O)OC(C)(C)C)C(=O)N2C1. The summed E-state index contributed by atoms with van der Waals surface area (Å²) in [4.78, 5) is 69.1. The van der Waals surface area contributed by atoms with E-state index in [0.29, 0.717) is 19.3 Å². The van der Waals surface area contributed by atoms with Crippen LogP contribution in [0.15, 0.2) is 36.4 Å². The van der Waals surface area contributed by atoms with Gasteiger partial charge < -0.3 is 34.5 Å². The van der Waals surface area contributed by atoms with E-state index in [4.69, 9.17) is 18.9 Å². The lowest BCUT2D eigenvalue weighted by molar-refractivity contribution is -0.141. The van der Waals surface area contributed by atoms with E-state index in [-0.39, 0.29) is 50.3 Å². The van der Waals surface area contributed by atoms with Crippen molar-refractivity contribution in [2.24, 2.45) is 5.92 Å². The Morgan fingerprint density at radius 3 is 2.53 bits per heavy atom. The zero-order chi connectivity index (χ0) is 35.6. The molecular formula is C33H44N4O11S. The van der Waals surface area contributed by atoms with Gasteiger partial charge in [-0.25, -0.2) is 18.0 Å². The summed E-state index contributed by atoms with van der Waals surface area (Å²) in [6, 6.07) is 4.08. The number of carbonyl (C=O) groups excluding carboxylic acids is 5. The minimum Gasteiger partial charge on any atom is -0.496 e. The minimum absolute atomic E-state index is 0.122. The second-order valence-corrected chi connectivity index (χ2v) is 15.7. The number of sulfonamides is 1. The number of para-hydroxylation sites is 1. The van der Waals surface area contributed by atoms with Crippen molar-refractivity contribution in [3.05, 3.63) is 42.0 Å². The zero-order valence-corrected chi connectivity index (χ0v) is 28.9. The first-order chi connectivity index (χ1) is 23.1. The Labute approximate surface area is 285 Å². The van der Waals surface area contributed by atoms with Crippen molar-refractivity contribution in [1.82, 2.24) is 20.3 Å². The molecule has 2 saturated carbocycles. The van der Waals surface area contributed by atoms with Crippen LogP contribution in [0.2, 0.25) is 0 Å². The van der Waals surface area contributed by atoms with Crippen molar-refractivity contribution in [2.45, 2.75) is 93.9 Å². The van der Waals surface area contributed by atoms with Gasteiger partial charge in [0.15, 0.2) is 0 Å². The third kappa shape index (κ3) is 8.71. The van der Waals surface area contributed by atoms with E-state index >= 15 is 0 Å². The highest BCUT2D eigenvalue weighted by molar-refractivity contribution is 7.91. The standard InChI is InChI=1S/C33H44N4O11S/c1-32(2,3)48-31(42)34-24-11-8-16-46-15-7-9-20-18-33(20,30(41)36-49(43,44)22-13-14-22)35-27(38)25-17-21(19-37(25)28(24)39)47-29(40)23-10-5-6-12-26(23)45-4/h5-7,9-10,12,20-22,24-25H,8,11,13-19H2,1-4H3,(H,34,42)(H,35,38)(H,36,41)/b9-7-/t20-,21+,24-,25-,33+/m0/s1. The summed E-state index contributed by atoms with van der Waals surface area (Å²) in [6.07, 6.45) is 3.00. The molecule has 268 valence electrons. The van der Waals surface area contributed by atoms with Gasteiger partial charge in [0.05, 0.1) is 25.5 Å². The number of benzene rings is 1. The van der Waals surface area contributed by atoms with E-state index in [2.05, 4.69) is 15.4 Å². The molecule has 2 heterocycles. The molecular weight excluding hydrogens is 660 g/mol. The van der Waals surface area contributed by atoms with Crippen LogP contribution >= 0.6 is 0 Å². The molecule has 1 aromatic carbocycles. The monoisotopic (exact) mass is 704 g/mol. The molecule has 4 aliphatic rings. The third-order valence-corrected chi connectivity index (χ3v) is 10.6. The maximum absolute atomic E-state index is 14.2. The molecule has 15 nitrogen and oxygen atoms in total. The first-order valence-electron chi connectivity index (χ1n) is 16.4. The van der Waals surface area contributed by atoms with E-state index in [1.807, 2.05) is 0 Å². The molecule has 5 atom stereocenters. The molecule has 0 bridgehead atoms. The molecule has 2 aliphatic carbocycles. The van der Waals surface area contributed by atoms with Crippen molar-refractivity contribution in [2.75, 3.05) is 26.9 Å². The summed E-state index contributed by atoms with van der Waals surface area (Å²) in [6.45, 7) is 5.26. The fraction of sp³-hybridized carbons (Fsp3) is 0.606. The fourth-order valence-electron chi connectivity index (χ4n) is 6.04. The Morgan fingerprint density at radius 1 is 1.10 bits per heavy atom. The van der Waals surface area contributed by atoms with Gasteiger partial charge >= 0.3 is 12.1 Å². The molecule has 3 N–H and O–H groups in total. The average Bonchev–Trinajstić information content (AvgIpc) is 3.95. The lowest BCUT2D eigenvalue weighted by Gasteiger charge is -2.30. The quantitative estimate of drug-likeness (QED) is 0.275. The summed E-state index contributed by atoms with van der Waals surface area (Å²) >= 11 is 0. The number of hydrogen-bond donors (Lipinski definition) is 3. The summed E-state index contributed by atoms with van der Waals surface area (Å²) in [5.41, 5.74) is -2.29. The van der Waals surface area contributed by atoms with Gasteiger partial charge in [-0.05, 0) is 65.0 Å². The largest absolute Gasteiger partial charge is 0.496 e. The van der Waals surface area contributed by atoms with E-state index in [0.717, 1.165) is 0 Å². The van der Waals surface area contributed by atoms with E-state index in [1.54, 1.807) is 51.1 Å². The molecule has 0 unspecified atom stereocenters. The molecule has 0 spiro atoms. The van der Waals surface area contributed by atoms with Gasteiger partial charge in [0, 0.05) is 18.9 Å². The van der Waals surface area contributed by atoms with Gasteiger partial charge in [-0.15, -0.1) is 0 Å². The number of carbonyl (C=O) groups is 5. The highest BCUT2D eigenvalue weighted by Gasteiger charge is 2.62. The first kappa shape index (κ1) is 36.1. The van der Waals surface area contributed by atoms with Crippen molar-refractivity contribution >= 4 is 39.8 Å². The number of rotatable bonds is 7. The lowest BCUT2D eigenvalue weighted by Crippen LogP contribution is -2.58. The molecule has 5 rings (SSSR count). The Balaban J connectivity index is 1.43. The normalized spacial score (nSPS) is 28.4. The molecule has 0 radical (unpaired) electrons. The van der Waals surface area contributed by atoms with Crippen molar-refractivity contribution in [3.63, 3.8) is 0 Å². The first-order valence-corrected chi connectivity index (χ1v) is 17.9. The average molecular weight is 705 g/mol. The number of methoxy groups -OCH3 is 1. The van der Waals surface area contributed by atoms with Gasteiger partial charge in [0.1, 0.15) is 40.6 Å². The number of alkyl carbamates (subject to hydrolysis) is 1. The highest BCUT2D eigenvalue weighted by Crippen LogP contribution is 2.46. The van der Waals surface area contributed by atoms with Crippen LogP contribution in [-0.4, -0.2) is 105 Å². The van der Waals surface area contributed by atoms with Gasteiger partial charge in [-0.1, -0.05) is 24.3 Å². The van der Waals surface area contributed by atoms with Crippen LogP contribution < -0.4 is 20.1 Å². The maximum Gasteiger partial charge on any atom is 0.408 e. The predicted octanol–water partition coefficient (Wildman–Crippen LogP) is 1.56. The van der Waals surface area contributed by atoms with Crippen LogP contribution in [-0.2, 0) is 38.6 Å². The lowest BCUT2D eigenvalue weighted by atomic mass is 10.1. The molecule has 3 fully saturated rings. The minimum atomic E-state index is -3.93. The molecule has 1 aromatic rings. The molecule has 4 amide bonds. The number of hydrogen-bond acceptors (Lipinski definition) is 11. The molecule has 16 heteroatoms. The van der Waals surface area contributed by atoms with E-state index in [1.165, 1.54) is 18.1 Å². The number of ether oxygens (including phenoxy) is 4. The van der Waals surface area contributed by atoms with E-state index < -0.39 is 80.3 Å². The fourth-order valence-corrected chi connectivity index (χ4v) is 7.40. The topological polar surface area (TPSA) is 196 Å². The number of nitrogens with zero attached hydrogens (tertiary/aromatic N) is 1. The number of amides is 4. The molecule has 2 aliphatic heterocycles. The summed E-state index contributed by atoms with van der Waals surface area (Å²) < 4.78 is 49.7. The number of fused-ring (bicyclic) bond motifs is 2. The Kier molecular flexibility index (Phi) is 10.6. The van der Waals surface area contributed by atoms with Gasteiger partial charge in [0.2, 0.25) is 21.8 Å². The Bertz CT molecular complexity index is 1600. The van der Waals surface area contributed by atoms with E-state index in [9.17, 15) is 32.4 Å². The summed E-state index contributed by atoms with van der Waals surface area (Å²) in [5, 5.41) is 4.70. The summed E-state index contributed by atoms with van der Waals surface area (Å²) in [5.74, 6) is -3.22. The van der Waals surface area contributed by atoms with Crippen LogP contribution in [0.25, 0.3) is 0 Å².